The molecule has 3 aromatic carbocycles. The standard InChI is InChI=1S/C34H32ClN5O2S/c1-21-19-26(22(2)40(21)29-20-24(35)14-15-30(29)42-3)33-32(28-12-6-7-17-36-28)38-34(43)39(33)18-16-31(41)37-27-13-8-10-23-9-4-5-11-25(23)27/h4-15,17,19-20,32-33H,16,18H2,1-3H3,(H,37,41)(H,38,43)/t32-,33-/m1/s1. The quantitative estimate of drug-likeness (QED) is 0.180. The van der Waals surface area contributed by atoms with Gasteiger partial charge in [0.25, 0.3) is 0 Å². The SMILES string of the molecule is COc1ccc(Cl)cc1-n1c(C)cc([C@@H]2[C@@H](c3ccccn3)NC(=S)N2CCC(=O)Nc2cccc3ccccc23)c1C. The van der Waals surface area contributed by atoms with E-state index in [0.29, 0.717) is 16.7 Å². The Morgan fingerprint density at radius 1 is 1.05 bits per heavy atom. The number of fused-ring (bicyclic) bond motifs is 1. The second kappa shape index (κ2) is 12.1. The van der Waals surface area contributed by atoms with E-state index in [1.807, 2.05) is 78.9 Å². The van der Waals surface area contributed by atoms with Crippen molar-refractivity contribution in [2.45, 2.75) is 32.4 Å². The lowest BCUT2D eigenvalue weighted by Gasteiger charge is -2.28. The summed E-state index contributed by atoms with van der Waals surface area (Å²) in [6.45, 7) is 4.58. The Labute approximate surface area is 261 Å². The summed E-state index contributed by atoms with van der Waals surface area (Å²) >= 11 is 12.3. The lowest BCUT2D eigenvalue weighted by molar-refractivity contribution is -0.116. The number of nitrogens with one attached hydrogen (secondary N) is 2. The molecule has 0 aliphatic carbocycles. The number of carbonyl (C=O) groups is 1. The van der Waals surface area contributed by atoms with Gasteiger partial charge < -0.3 is 24.8 Å². The fraction of sp³-hybridized carbons (Fsp3) is 0.206. The van der Waals surface area contributed by atoms with Gasteiger partial charge in [0, 0.05) is 46.6 Å². The molecule has 9 heteroatoms. The number of ether oxygens (including phenoxy) is 1. The molecule has 0 unspecified atom stereocenters. The van der Waals surface area contributed by atoms with E-state index in [1.54, 1.807) is 13.3 Å². The number of nitrogens with zero attached hydrogens (tertiary/aromatic N) is 3. The Morgan fingerprint density at radius 3 is 2.63 bits per heavy atom. The van der Waals surface area contributed by atoms with Crippen LogP contribution >= 0.6 is 23.8 Å². The zero-order chi connectivity index (χ0) is 30.1. The highest BCUT2D eigenvalue weighted by atomic mass is 35.5. The zero-order valence-corrected chi connectivity index (χ0v) is 25.7. The van der Waals surface area contributed by atoms with Crippen LogP contribution in [-0.4, -0.2) is 39.1 Å². The molecule has 0 radical (unpaired) electrons. The third kappa shape index (κ3) is 5.56. The molecule has 2 aromatic heterocycles. The van der Waals surface area contributed by atoms with Crippen LogP contribution in [0.15, 0.2) is 91.1 Å². The van der Waals surface area contributed by atoms with Crippen molar-refractivity contribution < 1.29 is 9.53 Å². The number of aryl methyl sites for hydroxylation is 1. The van der Waals surface area contributed by atoms with E-state index in [0.717, 1.165) is 50.5 Å². The number of amides is 1. The number of anilines is 1. The first-order chi connectivity index (χ1) is 20.9. The maximum atomic E-state index is 13.3. The Balaban J connectivity index is 1.33. The molecule has 1 fully saturated rings. The van der Waals surface area contributed by atoms with Crippen molar-refractivity contribution in [3.8, 4) is 11.4 Å². The summed E-state index contributed by atoms with van der Waals surface area (Å²) < 4.78 is 7.85. The highest BCUT2D eigenvalue weighted by molar-refractivity contribution is 7.80. The first-order valence-corrected chi connectivity index (χ1v) is 14.9. The molecule has 0 saturated carbocycles. The van der Waals surface area contributed by atoms with Crippen LogP contribution in [0.4, 0.5) is 5.69 Å². The number of rotatable bonds is 8. The number of halogens is 1. The van der Waals surface area contributed by atoms with Crippen LogP contribution in [0.2, 0.25) is 5.02 Å². The van der Waals surface area contributed by atoms with Crippen molar-refractivity contribution >= 4 is 51.3 Å². The predicted octanol–water partition coefficient (Wildman–Crippen LogP) is 7.31. The normalized spacial score (nSPS) is 16.4. The summed E-state index contributed by atoms with van der Waals surface area (Å²) in [4.78, 5) is 20.1. The number of pyridine rings is 1. The second-order valence-corrected chi connectivity index (χ2v) is 11.4. The van der Waals surface area contributed by atoms with E-state index in [4.69, 9.17) is 28.6 Å². The van der Waals surface area contributed by atoms with E-state index in [2.05, 4.69) is 45.0 Å². The van der Waals surface area contributed by atoms with Gasteiger partial charge in [0.15, 0.2) is 5.11 Å². The van der Waals surface area contributed by atoms with Gasteiger partial charge in [-0.15, -0.1) is 0 Å². The van der Waals surface area contributed by atoms with Crippen LogP contribution < -0.4 is 15.4 Å². The smallest absolute Gasteiger partial charge is 0.226 e. The Kier molecular flexibility index (Phi) is 8.06. The van der Waals surface area contributed by atoms with Gasteiger partial charge in [0.1, 0.15) is 5.75 Å². The van der Waals surface area contributed by atoms with Crippen LogP contribution in [0.25, 0.3) is 16.5 Å². The van der Waals surface area contributed by atoms with Crippen molar-refractivity contribution in [1.29, 1.82) is 0 Å². The molecule has 1 aliphatic heterocycles. The van der Waals surface area contributed by atoms with E-state index in [-0.39, 0.29) is 24.4 Å². The molecule has 1 amide bonds. The number of benzene rings is 3. The summed E-state index contributed by atoms with van der Waals surface area (Å²) in [5.74, 6) is 0.648. The first-order valence-electron chi connectivity index (χ1n) is 14.1. The van der Waals surface area contributed by atoms with Crippen molar-refractivity contribution in [1.82, 2.24) is 19.8 Å². The number of hydrogen-bond acceptors (Lipinski definition) is 4. The molecule has 0 bridgehead atoms. The number of aromatic nitrogens is 2. The average molecular weight is 610 g/mol. The lowest BCUT2D eigenvalue weighted by Crippen LogP contribution is -2.33. The lowest BCUT2D eigenvalue weighted by atomic mass is 9.96. The van der Waals surface area contributed by atoms with Gasteiger partial charge in [0.2, 0.25) is 5.91 Å². The van der Waals surface area contributed by atoms with Crippen molar-refractivity contribution in [3.05, 3.63) is 119 Å². The number of methoxy groups -OCH3 is 1. The van der Waals surface area contributed by atoms with E-state index >= 15 is 0 Å². The molecule has 43 heavy (non-hydrogen) atoms. The van der Waals surface area contributed by atoms with Crippen LogP contribution in [0.5, 0.6) is 5.75 Å². The molecule has 5 aromatic rings. The van der Waals surface area contributed by atoms with Gasteiger partial charge >= 0.3 is 0 Å². The Morgan fingerprint density at radius 2 is 1.84 bits per heavy atom. The first kappa shape index (κ1) is 28.7. The molecule has 6 rings (SSSR count). The van der Waals surface area contributed by atoms with Gasteiger partial charge in [-0.1, -0.05) is 54.1 Å². The third-order valence-corrected chi connectivity index (χ3v) is 8.60. The van der Waals surface area contributed by atoms with E-state index in [1.165, 1.54) is 0 Å². The maximum Gasteiger partial charge on any atom is 0.226 e. The van der Waals surface area contributed by atoms with Gasteiger partial charge in [-0.25, -0.2) is 0 Å². The zero-order valence-electron chi connectivity index (χ0n) is 24.2. The molecular formula is C34H32ClN5O2S. The van der Waals surface area contributed by atoms with Gasteiger partial charge in [-0.2, -0.15) is 0 Å². The fourth-order valence-corrected chi connectivity index (χ4v) is 6.55. The minimum atomic E-state index is -0.204. The summed E-state index contributed by atoms with van der Waals surface area (Å²) in [7, 11) is 1.66. The molecule has 1 aliphatic rings. The third-order valence-electron chi connectivity index (χ3n) is 8.01. The summed E-state index contributed by atoms with van der Waals surface area (Å²) in [5, 5.41) is 9.91. The van der Waals surface area contributed by atoms with Crippen molar-refractivity contribution in [3.63, 3.8) is 0 Å². The largest absolute Gasteiger partial charge is 0.495 e. The van der Waals surface area contributed by atoms with E-state index in [9.17, 15) is 4.79 Å². The summed E-state index contributed by atoms with van der Waals surface area (Å²) in [6, 6.07) is 27.2. The van der Waals surface area contributed by atoms with Gasteiger partial charge in [0.05, 0.1) is 30.6 Å². The minimum Gasteiger partial charge on any atom is -0.495 e. The highest BCUT2D eigenvalue weighted by Gasteiger charge is 2.41. The molecule has 1 saturated heterocycles. The molecular weight excluding hydrogens is 578 g/mol. The second-order valence-electron chi connectivity index (χ2n) is 10.6. The van der Waals surface area contributed by atoms with E-state index < -0.39 is 0 Å². The van der Waals surface area contributed by atoms with Crippen molar-refractivity contribution in [2.24, 2.45) is 0 Å². The summed E-state index contributed by atoms with van der Waals surface area (Å²) in [6.07, 6.45) is 2.05. The number of thiocarbonyl (C=S) groups is 1. The minimum absolute atomic E-state index is 0.0756. The molecule has 2 N–H and O–H groups in total. The fourth-order valence-electron chi connectivity index (χ4n) is 6.05. The monoisotopic (exact) mass is 609 g/mol. The number of carbonyl (C=O) groups excluding carboxylic acids is 1. The summed E-state index contributed by atoms with van der Waals surface area (Å²) in [5.41, 5.74) is 5.67. The maximum absolute atomic E-state index is 13.3. The van der Waals surface area contributed by atoms with Crippen LogP contribution in [0.3, 0.4) is 0 Å². The Hall–Kier alpha value is -4.40. The van der Waals surface area contributed by atoms with Crippen LogP contribution in [0.1, 0.15) is 41.1 Å². The molecule has 218 valence electrons. The Bertz CT molecular complexity index is 1820. The molecule has 7 nitrogen and oxygen atoms in total. The average Bonchev–Trinajstić information content (AvgIpc) is 3.50. The highest BCUT2D eigenvalue weighted by Crippen LogP contribution is 2.42. The molecule has 0 spiro atoms. The van der Waals surface area contributed by atoms with Crippen LogP contribution in [-0.2, 0) is 4.79 Å². The topological polar surface area (TPSA) is 71.4 Å². The molecule has 2 atom stereocenters. The number of hydrogen-bond donors (Lipinski definition) is 2. The van der Waals surface area contributed by atoms with Crippen molar-refractivity contribution in [2.75, 3.05) is 19.0 Å². The van der Waals surface area contributed by atoms with Crippen LogP contribution in [0, 0.1) is 13.8 Å². The van der Waals surface area contributed by atoms with Gasteiger partial charge in [-0.3, -0.25) is 9.78 Å². The molecule has 3 heterocycles. The van der Waals surface area contributed by atoms with Gasteiger partial charge in [-0.05, 0) is 79.5 Å². The predicted molar refractivity (Wildman–Crippen MR) is 176 cm³/mol.